The van der Waals surface area contributed by atoms with Crippen LogP contribution in [0.2, 0.25) is 5.02 Å². The molecule has 2 heteroatoms. The Morgan fingerprint density at radius 3 is 2.81 bits per heavy atom. The number of hydrogen-bond donors (Lipinski definition) is 1. The zero-order valence-corrected chi connectivity index (χ0v) is 11.1. The Labute approximate surface area is 103 Å². The van der Waals surface area contributed by atoms with E-state index in [0.717, 1.165) is 18.0 Å². The van der Waals surface area contributed by atoms with Crippen molar-refractivity contribution in [3.05, 3.63) is 34.3 Å². The fourth-order valence-corrected chi connectivity index (χ4v) is 2.53. The quantitative estimate of drug-likeness (QED) is 0.821. The van der Waals surface area contributed by atoms with Crippen LogP contribution in [0.15, 0.2) is 18.2 Å². The van der Waals surface area contributed by atoms with Gasteiger partial charge in [-0.3, -0.25) is 0 Å². The molecule has 0 fully saturated rings. The Morgan fingerprint density at radius 1 is 1.38 bits per heavy atom. The van der Waals surface area contributed by atoms with Crippen LogP contribution < -0.4 is 5.32 Å². The minimum atomic E-state index is 0.335. The third-order valence-corrected chi connectivity index (χ3v) is 3.45. The monoisotopic (exact) mass is 237 g/mol. The van der Waals surface area contributed by atoms with Gasteiger partial charge in [0.05, 0.1) is 0 Å². The molecule has 16 heavy (non-hydrogen) atoms. The fraction of sp³-hybridized carbons (Fsp3) is 0.571. The van der Waals surface area contributed by atoms with Crippen LogP contribution in [0.3, 0.4) is 0 Å². The maximum Gasteiger partial charge on any atom is 0.0441 e. The van der Waals surface area contributed by atoms with E-state index >= 15 is 0 Å². The van der Waals surface area contributed by atoms with E-state index in [0.29, 0.717) is 11.5 Å². The van der Waals surface area contributed by atoms with Crippen LogP contribution in [-0.4, -0.2) is 6.54 Å². The summed E-state index contributed by atoms with van der Waals surface area (Å²) in [6, 6.07) is 6.74. The van der Waals surface area contributed by atoms with Crippen LogP contribution in [0, 0.1) is 5.41 Å². The van der Waals surface area contributed by atoms with Crippen molar-refractivity contribution in [2.45, 2.75) is 39.7 Å². The van der Waals surface area contributed by atoms with Gasteiger partial charge in [0.1, 0.15) is 0 Å². The molecule has 1 aromatic rings. The van der Waals surface area contributed by atoms with Crippen LogP contribution in [0.1, 0.15) is 44.4 Å². The molecule has 0 saturated carbocycles. The Bertz CT molecular complexity index is 379. The summed E-state index contributed by atoms with van der Waals surface area (Å²) >= 11 is 6.20. The lowest BCUT2D eigenvalue weighted by Crippen LogP contribution is -2.29. The Hall–Kier alpha value is -0.530. The van der Waals surface area contributed by atoms with Gasteiger partial charge in [0.2, 0.25) is 0 Å². The van der Waals surface area contributed by atoms with Gasteiger partial charge in [-0.2, -0.15) is 0 Å². The van der Waals surface area contributed by atoms with Gasteiger partial charge in [0, 0.05) is 17.6 Å². The summed E-state index contributed by atoms with van der Waals surface area (Å²) in [5.74, 6) is 0. The molecule has 0 spiro atoms. The first-order chi connectivity index (χ1) is 7.47. The van der Waals surface area contributed by atoms with Gasteiger partial charge < -0.3 is 5.32 Å². The third-order valence-electron chi connectivity index (χ3n) is 3.09. The Balaban J connectivity index is 2.09. The van der Waals surface area contributed by atoms with E-state index in [-0.39, 0.29) is 0 Å². The van der Waals surface area contributed by atoms with Crippen molar-refractivity contribution >= 4 is 11.6 Å². The van der Waals surface area contributed by atoms with Crippen LogP contribution >= 0.6 is 11.6 Å². The lowest BCUT2D eigenvalue weighted by atomic mass is 9.96. The molecule has 2 rings (SSSR count). The highest BCUT2D eigenvalue weighted by Crippen LogP contribution is 2.35. The maximum absolute atomic E-state index is 6.20. The number of fused-ring (bicyclic) bond motifs is 1. The Morgan fingerprint density at radius 2 is 2.12 bits per heavy atom. The normalized spacial score (nSPS) is 19.9. The molecule has 0 aliphatic heterocycles. The predicted octanol–water partition coefficient (Wildman–Crippen LogP) is 3.96. The van der Waals surface area contributed by atoms with Crippen molar-refractivity contribution < 1.29 is 0 Å². The summed E-state index contributed by atoms with van der Waals surface area (Å²) in [7, 11) is 0. The van der Waals surface area contributed by atoms with E-state index in [1.165, 1.54) is 17.5 Å². The number of hydrogen-bond acceptors (Lipinski definition) is 1. The molecule has 0 saturated heterocycles. The van der Waals surface area contributed by atoms with Crippen molar-refractivity contribution in [1.82, 2.24) is 5.32 Å². The van der Waals surface area contributed by atoms with E-state index in [1.54, 1.807) is 0 Å². The molecule has 1 atom stereocenters. The summed E-state index contributed by atoms with van der Waals surface area (Å²) in [6.07, 6.45) is 2.28. The molecule has 1 nitrogen and oxygen atoms in total. The summed E-state index contributed by atoms with van der Waals surface area (Å²) < 4.78 is 0. The van der Waals surface area contributed by atoms with Gasteiger partial charge >= 0.3 is 0 Å². The molecule has 1 unspecified atom stereocenters. The second kappa shape index (κ2) is 4.38. The van der Waals surface area contributed by atoms with E-state index in [2.05, 4.69) is 38.2 Å². The molecule has 88 valence electrons. The zero-order valence-electron chi connectivity index (χ0n) is 10.3. The third kappa shape index (κ3) is 2.58. The molecule has 0 amide bonds. The lowest BCUT2D eigenvalue weighted by molar-refractivity contribution is 0.352. The summed E-state index contributed by atoms with van der Waals surface area (Å²) in [6.45, 7) is 7.82. The maximum atomic E-state index is 6.20. The number of halogens is 1. The number of nitrogens with one attached hydrogen (secondary N) is 1. The van der Waals surface area contributed by atoms with Crippen molar-refractivity contribution in [2.75, 3.05) is 6.54 Å². The second-order valence-electron chi connectivity index (χ2n) is 5.84. The average molecular weight is 238 g/mol. The van der Waals surface area contributed by atoms with Gasteiger partial charge in [-0.05, 0) is 35.4 Å². The minimum Gasteiger partial charge on any atom is -0.309 e. The molecule has 0 heterocycles. The van der Waals surface area contributed by atoms with Crippen molar-refractivity contribution in [2.24, 2.45) is 5.41 Å². The van der Waals surface area contributed by atoms with E-state index in [1.807, 2.05) is 6.07 Å². The first-order valence-corrected chi connectivity index (χ1v) is 6.36. The van der Waals surface area contributed by atoms with Gasteiger partial charge in [-0.15, -0.1) is 0 Å². The first-order valence-electron chi connectivity index (χ1n) is 5.98. The lowest BCUT2D eigenvalue weighted by Gasteiger charge is -2.23. The standard InChI is InChI=1S/C14H20ClN/c1-14(2,3)9-16-13-8-7-10-11(13)5-4-6-12(10)15/h4-6,13,16H,7-9H2,1-3H3. The molecular weight excluding hydrogens is 218 g/mol. The van der Waals surface area contributed by atoms with Gasteiger partial charge in [-0.25, -0.2) is 0 Å². The summed E-state index contributed by atoms with van der Waals surface area (Å²) in [5.41, 5.74) is 3.08. The molecule has 1 N–H and O–H groups in total. The van der Waals surface area contributed by atoms with Gasteiger partial charge in [0.25, 0.3) is 0 Å². The van der Waals surface area contributed by atoms with E-state index in [4.69, 9.17) is 11.6 Å². The van der Waals surface area contributed by atoms with E-state index < -0.39 is 0 Å². The highest BCUT2D eigenvalue weighted by molar-refractivity contribution is 6.31. The van der Waals surface area contributed by atoms with Crippen molar-refractivity contribution in [3.63, 3.8) is 0 Å². The van der Waals surface area contributed by atoms with Crippen LogP contribution in [0.4, 0.5) is 0 Å². The topological polar surface area (TPSA) is 12.0 Å². The van der Waals surface area contributed by atoms with Crippen molar-refractivity contribution in [3.8, 4) is 0 Å². The first kappa shape index (κ1) is 11.9. The van der Waals surface area contributed by atoms with Gasteiger partial charge in [0.15, 0.2) is 0 Å². The largest absolute Gasteiger partial charge is 0.309 e. The van der Waals surface area contributed by atoms with Crippen LogP contribution in [0.5, 0.6) is 0 Å². The smallest absolute Gasteiger partial charge is 0.0441 e. The Kier molecular flexibility index (Phi) is 3.27. The van der Waals surface area contributed by atoms with Crippen molar-refractivity contribution in [1.29, 1.82) is 0 Å². The van der Waals surface area contributed by atoms with E-state index in [9.17, 15) is 0 Å². The van der Waals surface area contributed by atoms with Crippen LogP contribution in [-0.2, 0) is 6.42 Å². The highest BCUT2D eigenvalue weighted by Gasteiger charge is 2.24. The fourth-order valence-electron chi connectivity index (χ4n) is 2.25. The SMILES string of the molecule is CC(C)(C)CNC1CCc2c(Cl)cccc21. The number of benzene rings is 1. The predicted molar refractivity (Wildman–Crippen MR) is 70.0 cm³/mol. The molecule has 0 aromatic heterocycles. The second-order valence-corrected chi connectivity index (χ2v) is 6.25. The molecular formula is C14H20ClN. The molecule has 0 bridgehead atoms. The minimum absolute atomic E-state index is 0.335. The van der Waals surface area contributed by atoms with Gasteiger partial charge in [-0.1, -0.05) is 44.5 Å². The average Bonchev–Trinajstić information content (AvgIpc) is 2.58. The molecule has 0 radical (unpaired) electrons. The summed E-state index contributed by atoms with van der Waals surface area (Å²) in [4.78, 5) is 0. The molecule has 1 aliphatic carbocycles. The molecule has 1 aromatic carbocycles. The zero-order chi connectivity index (χ0) is 11.8. The summed E-state index contributed by atoms with van der Waals surface area (Å²) in [5, 5.41) is 4.57. The highest BCUT2D eigenvalue weighted by atomic mass is 35.5. The molecule has 1 aliphatic rings. The van der Waals surface area contributed by atoms with Crippen LogP contribution in [0.25, 0.3) is 0 Å². The number of rotatable bonds is 2.